The van der Waals surface area contributed by atoms with Crippen molar-refractivity contribution in [3.05, 3.63) is 94.3 Å². The Kier molecular flexibility index (Phi) is 7.11. The number of Topliss-reactive ketones (excluding diaryl/α,β-unsaturated/α-hetero) is 1. The monoisotopic (exact) mass is 500 g/mol. The number of aliphatic hydroxyl groups is 1. The maximum absolute atomic E-state index is 13.4. The number of ether oxygens (including phenoxy) is 2. The standard InChI is InChI=1S/C29H28N2O6/c1-16(2)37-29(35)19-9-11-20(12-10-19)31-25(22-8-6-7-13-30-22)24(27(33)28(31)34)26(32)21-14-18(4)23(36-5)15-17(21)3/h6-16,25,32H,1-5H3/b26-24+. The maximum Gasteiger partial charge on any atom is 0.338 e. The van der Waals surface area contributed by atoms with Gasteiger partial charge in [-0.1, -0.05) is 6.07 Å². The molecule has 2 heterocycles. The molecule has 190 valence electrons. The molecular formula is C29H28N2O6. The number of hydrogen-bond acceptors (Lipinski definition) is 7. The third kappa shape index (κ3) is 4.82. The largest absolute Gasteiger partial charge is 0.507 e. The first-order valence-electron chi connectivity index (χ1n) is 11.8. The van der Waals surface area contributed by atoms with E-state index in [9.17, 15) is 19.5 Å². The van der Waals surface area contributed by atoms with Gasteiger partial charge in [-0.3, -0.25) is 19.5 Å². The minimum absolute atomic E-state index is 0.0698. The summed E-state index contributed by atoms with van der Waals surface area (Å²) in [6.45, 7) is 7.13. The summed E-state index contributed by atoms with van der Waals surface area (Å²) in [6, 6.07) is 13.9. The molecule has 1 aliphatic rings. The van der Waals surface area contributed by atoms with Gasteiger partial charge in [0.2, 0.25) is 0 Å². The van der Waals surface area contributed by atoms with E-state index in [1.165, 1.54) is 17.0 Å². The van der Waals surface area contributed by atoms with Crippen molar-refractivity contribution in [2.45, 2.75) is 39.8 Å². The molecule has 0 bridgehead atoms. The topological polar surface area (TPSA) is 106 Å². The number of aromatic nitrogens is 1. The molecule has 0 spiro atoms. The lowest BCUT2D eigenvalue weighted by atomic mass is 9.95. The van der Waals surface area contributed by atoms with Gasteiger partial charge in [-0.05, 0) is 87.4 Å². The number of hydrogen-bond donors (Lipinski definition) is 1. The first kappa shape index (κ1) is 25.6. The predicted octanol–water partition coefficient (Wildman–Crippen LogP) is 4.90. The Morgan fingerprint density at radius 1 is 1.03 bits per heavy atom. The number of carbonyl (C=O) groups is 3. The average molecular weight is 501 g/mol. The Bertz CT molecular complexity index is 1390. The van der Waals surface area contributed by atoms with Gasteiger partial charge in [-0.15, -0.1) is 0 Å². The number of aryl methyl sites for hydroxylation is 2. The smallest absolute Gasteiger partial charge is 0.338 e. The van der Waals surface area contributed by atoms with E-state index in [-0.39, 0.29) is 17.4 Å². The van der Waals surface area contributed by atoms with Crippen LogP contribution in [0.15, 0.2) is 66.4 Å². The second-order valence-corrected chi connectivity index (χ2v) is 9.06. The highest BCUT2D eigenvalue weighted by atomic mass is 16.5. The third-order valence-corrected chi connectivity index (χ3v) is 6.13. The van der Waals surface area contributed by atoms with Crippen molar-refractivity contribution in [3.63, 3.8) is 0 Å². The van der Waals surface area contributed by atoms with Crippen molar-refractivity contribution in [2.24, 2.45) is 0 Å². The van der Waals surface area contributed by atoms with Gasteiger partial charge in [0.15, 0.2) is 0 Å². The van der Waals surface area contributed by atoms with Gasteiger partial charge >= 0.3 is 5.97 Å². The predicted molar refractivity (Wildman–Crippen MR) is 138 cm³/mol. The normalized spacial score (nSPS) is 16.8. The number of amides is 1. The summed E-state index contributed by atoms with van der Waals surface area (Å²) in [7, 11) is 1.56. The van der Waals surface area contributed by atoms with E-state index in [0.717, 1.165) is 5.56 Å². The highest BCUT2D eigenvalue weighted by Gasteiger charge is 2.47. The minimum Gasteiger partial charge on any atom is -0.507 e. The zero-order valence-electron chi connectivity index (χ0n) is 21.3. The number of nitrogens with zero attached hydrogens (tertiary/aromatic N) is 2. The Morgan fingerprint density at radius 3 is 2.32 bits per heavy atom. The molecule has 1 atom stereocenters. The number of anilines is 1. The molecule has 8 nitrogen and oxygen atoms in total. The molecule has 0 aliphatic carbocycles. The van der Waals surface area contributed by atoms with Crippen LogP contribution in [-0.4, -0.2) is 41.0 Å². The molecule has 4 rings (SSSR count). The van der Waals surface area contributed by atoms with Crippen LogP contribution in [0.1, 0.15) is 52.6 Å². The van der Waals surface area contributed by atoms with E-state index < -0.39 is 23.7 Å². The van der Waals surface area contributed by atoms with Crippen LogP contribution in [0.25, 0.3) is 5.76 Å². The van der Waals surface area contributed by atoms with Crippen molar-refractivity contribution < 1.29 is 29.0 Å². The van der Waals surface area contributed by atoms with E-state index >= 15 is 0 Å². The number of methoxy groups -OCH3 is 1. The number of ketones is 1. The molecule has 37 heavy (non-hydrogen) atoms. The number of aliphatic hydroxyl groups excluding tert-OH is 1. The Hall–Kier alpha value is -4.46. The summed E-state index contributed by atoms with van der Waals surface area (Å²) in [5, 5.41) is 11.4. The number of esters is 1. The zero-order valence-corrected chi connectivity index (χ0v) is 21.3. The highest BCUT2D eigenvalue weighted by Crippen LogP contribution is 2.42. The fourth-order valence-corrected chi connectivity index (χ4v) is 4.37. The molecule has 1 N–H and O–H groups in total. The molecule has 1 fully saturated rings. The lowest BCUT2D eigenvalue weighted by molar-refractivity contribution is -0.132. The van der Waals surface area contributed by atoms with Crippen LogP contribution in [0.4, 0.5) is 5.69 Å². The van der Waals surface area contributed by atoms with Gasteiger partial charge in [-0.2, -0.15) is 0 Å². The lowest BCUT2D eigenvalue weighted by Crippen LogP contribution is -2.29. The Labute approximate surface area is 215 Å². The van der Waals surface area contributed by atoms with Gasteiger partial charge in [0.1, 0.15) is 17.6 Å². The van der Waals surface area contributed by atoms with E-state index in [1.807, 2.05) is 6.92 Å². The summed E-state index contributed by atoms with van der Waals surface area (Å²) in [6.07, 6.45) is 1.28. The second kappa shape index (κ2) is 10.3. The SMILES string of the molecule is COc1cc(C)c(/C(O)=C2\C(=O)C(=O)N(c3ccc(C(=O)OC(C)C)cc3)C2c2ccccn2)cc1C. The van der Waals surface area contributed by atoms with Crippen molar-refractivity contribution in [3.8, 4) is 5.75 Å². The van der Waals surface area contributed by atoms with Crippen LogP contribution in [0.2, 0.25) is 0 Å². The zero-order chi connectivity index (χ0) is 26.9. The fraction of sp³-hybridized carbons (Fsp3) is 0.241. The van der Waals surface area contributed by atoms with Crippen LogP contribution in [0.5, 0.6) is 5.75 Å². The van der Waals surface area contributed by atoms with Gasteiger partial charge in [0.25, 0.3) is 11.7 Å². The minimum atomic E-state index is -0.975. The van der Waals surface area contributed by atoms with E-state index in [1.54, 1.807) is 76.5 Å². The van der Waals surface area contributed by atoms with Crippen LogP contribution in [-0.2, 0) is 14.3 Å². The summed E-state index contributed by atoms with van der Waals surface area (Å²) >= 11 is 0. The van der Waals surface area contributed by atoms with Crippen LogP contribution >= 0.6 is 0 Å². The van der Waals surface area contributed by atoms with Gasteiger partial charge in [-0.25, -0.2) is 4.79 Å². The summed E-state index contributed by atoms with van der Waals surface area (Å²) in [5.74, 6) is -1.78. The number of benzene rings is 2. The molecule has 1 aromatic heterocycles. The molecular weight excluding hydrogens is 472 g/mol. The number of pyridine rings is 1. The van der Waals surface area contributed by atoms with Gasteiger partial charge in [0, 0.05) is 17.4 Å². The first-order chi connectivity index (χ1) is 17.6. The van der Waals surface area contributed by atoms with E-state index in [4.69, 9.17) is 9.47 Å². The fourth-order valence-electron chi connectivity index (χ4n) is 4.37. The number of rotatable bonds is 6. The Morgan fingerprint density at radius 2 is 1.73 bits per heavy atom. The molecule has 0 radical (unpaired) electrons. The van der Waals surface area contributed by atoms with Crippen molar-refractivity contribution >= 4 is 29.1 Å². The van der Waals surface area contributed by atoms with Gasteiger partial charge in [0.05, 0.1) is 30.0 Å². The number of carbonyl (C=O) groups excluding carboxylic acids is 3. The molecule has 3 aromatic rings. The molecule has 1 saturated heterocycles. The summed E-state index contributed by atoms with van der Waals surface area (Å²) < 4.78 is 10.6. The molecule has 1 amide bonds. The highest BCUT2D eigenvalue weighted by molar-refractivity contribution is 6.51. The average Bonchev–Trinajstić information content (AvgIpc) is 3.15. The second-order valence-electron chi connectivity index (χ2n) is 9.06. The van der Waals surface area contributed by atoms with Crippen molar-refractivity contribution in [1.82, 2.24) is 4.98 Å². The van der Waals surface area contributed by atoms with E-state index in [2.05, 4.69) is 4.98 Å². The Balaban J connectivity index is 1.86. The third-order valence-electron chi connectivity index (χ3n) is 6.13. The molecule has 2 aromatic carbocycles. The van der Waals surface area contributed by atoms with Crippen LogP contribution in [0, 0.1) is 13.8 Å². The van der Waals surface area contributed by atoms with Crippen LogP contribution < -0.4 is 9.64 Å². The summed E-state index contributed by atoms with van der Waals surface area (Å²) in [5.41, 5.74) is 2.90. The maximum atomic E-state index is 13.4. The quantitative estimate of drug-likeness (QED) is 0.222. The summed E-state index contributed by atoms with van der Waals surface area (Å²) in [4.78, 5) is 44.7. The van der Waals surface area contributed by atoms with Gasteiger partial charge < -0.3 is 14.6 Å². The molecule has 1 aliphatic heterocycles. The molecule has 1 unspecified atom stereocenters. The molecule has 0 saturated carbocycles. The van der Waals surface area contributed by atoms with Crippen LogP contribution in [0.3, 0.4) is 0 Å². The lowest BCUT2D eigenvalue weighted by Gasteiger charge is -2.25. The van der Waals surface area contributed by atoms with Crippen molar-refractivity contribution in [1.29, 1.82) is 0 Å². The first-order valence-corrected chi connectivity index (χ1v) is 11.8. The van der Waals surface area contributed by atoms with E-state index in [0.29, 0.717) is 33.8 Å². The van der Waals surface area contributed by atoms with Crippen molar-refractivity contribution in [2.75, 3.05) is 12.0 Å². The molecule has 8 heteroatoms.